The van der Waals surface area contributed by atoms with Crippen molar-refractivity contribution in [3.8, 4) is 11.8 Å². The van der Waals surface area contributed by atoms with Crippen molar-refractivity contribution in [1.29, 1.82) is 5.26 Å². The largest absolute Gasteiger partial charge is 0.497 e. The summed E-state index contributed by atoms with van der Waals surface area (Å²) in [7, 11) is 1.58. The summed E-state index contributed by atoms with van der Waals surface area (Å²) in [6.45, 7) is 0. The minimum atomic E-state index is -0.755. The number of nitriles is 1. The molecule has 0 heterocycles. The van der Waals surface area contributed by atoms with Gasteiger partial charge in [0.2, 0.25) is 0 Å². The van der Waals surface area contributed by atoms with Gasteiger partial charge >= 0.3 is 0 Å². The summed E-state index contributed by atoms with van der Waals surface area (Å²) < 4.78 is 5.02. The Bertz CT molecular complexity index is 438. The van der Waals surface area contributed by atoms with Gasteiger partial charge < -0.3 is 4.74 Å². The highest BCUT2D eigenvalue weighted by atomic mass is 16.5. The number of hydrogen-bond donors (Lipinski definition) is 0. The Morgan fingerprint density at radius 1 is 1.38 bits per heavy atom. The van der Waals surface area contributed by atoms with E-state index >= 15 is 0 Å². The first-order chi connectivity index (χ1) is 7.72. The third-order valence-corrected chi connectivity index (χ3v) is 3.21. The molecule has 1 saturated carbocycles. The van der Waals surface area contributed by atoms with E-state index in [9.17, 15) is 4.79 Å². The Morgan fingerprint density at radius 2 is 2.00 bits per heavy atom. The molecule has 0 bridgehead atoms. The first kappa shape index (κ1) is 10.7. The normalized spacial score (nSPS) is 17.0. The molecule has 2 rings (SSSR count). The second kappa shape index (κ2) is 3.97. The lowest BCUT2D eigenvalue weighted by Crippen LogP contribution is -2.36. The summed E-state index contributed by atoms with van der Waals surface area (Å²) in [6.07, 6.45) is 2.35. The van der Waals surface area contributed by atoms with Crippen molar-refractivity contribution in [3.63, 3.8) is 0 Å². The molecule has 0 amide bonds. The summed E-state index contributed by atoms with van der Waals surface area (Å²) in [5, 5.41) is 9.07. The van der Waals surface area contributed by atoms with Gasteiger partial charge in [-0.3, -0.25) is 4.79 Å². The minimum Gasteiger partial charge on any atom is -0.497 e. The molecule has 0 aliphatic heterocycles. The topological polar surface area (TPSA) is 50.1 Å². The maximum atomic E-state index is 12.1. The smallest absolute Gasteiger partial charge is 0.183 e. The molecule has 1 aromatic carbocycles. The second-order valence-corrected chi connectivity index (χ2v) is 4.11. The molecule has 3 nitrogen and oxygen atoms in total. The molecule has 0 atom stereocenters. The van der Waals surface area contributed by atoms with E-state index in [4.69, 9.17) is 10.00 Å². The molecule has 82 valence electrons. The van der Waals surface area contributed by atoms with Crippen LogP contribution in [0.5, 0.6) is 5.75 Å². The van der Waals surface area contributed by atoms with Crippen LogP contribution >= 0.6 is 0 Å². The summed E-state index contributed by atoms with van der Waals surface area (Å²) in [5.41, 5.74) is -0.156. The third-order valence-electron chi connectivity index (χ3n) is 3.21. The number of nitrogens with zero attached hydrogens (tertiary/aromatic N) is 1. The zero-order chi connectivity index (χ0) is 11.6. The lowest BCUT2D eigenvalue weighted by molar-refractivity contribution is 0.0748. The summed E-state index contributed by atoms with van der Waals surface area (Å²) in [4.78, 5) is 12.1. The maximum Gasteiger partial charge on any atom is 0.183 e. The van der Waals surface area contributed by atoms with E-state index in [1.807, 2.05) is 0 Å². The number of rotatable bonds is 3. The van der Waals surface area contributed by atoms with Gasteiger partial charge in [0.1, 0.15) is 11.2 Å². The number of carbonyl (C=O) groups is 1. The monoisotopic (exact) mass is 215 g/mol. The molecule has 1 fully saturated rings. The van der Waals surface area contributed by atoms with Crippen LogP contribution in [0.15, 0.2) is 24.3 Å². The molecule has 1 aromatic rings. The van der Waals surface area contributed by atoms with Gasteiger partial charge in [0.05, 0.1) is 13.2 Å². The van der Waals surface area contributed by atoms with Crippen LogP contribution < -0.4 is 4.74 Å². The fourth-order valence-corrected chi connectivity index (χ4v) is 1.94. The van der Waals surface area contributed by atoms with E-state index in [2.05, 4.69) is 6.07 Å². The van der Waals surface area contributed by atoms with Gasteiger partial charge in [-0.05, 0) is 43.5 Å². The van der Waals surface area contributed by atoms with E-state index < -0.39 is 5.41 Å². The Balaban J connectivity index is 2.24. The van der Waals surface area contributed by atoms with Crippen molar-refractivity contribution in [1.82, 2.24) is 0 Å². The highest BCUT2D eigenvalue weighted by Crippen LogP contribution is 2.42. The van der Waals surface area contributed by atoms with Gasteiger partial charge in [-0.15, -0.1) is 0 Å². The Morgan fingerprint density at radius 3 is 2.38 bits per heavy atom. The van der Waals surface area contributed by atoms with E-state index in [0.717, 1.165) is 12.2 Å². The highest BCUT2D eigenvalue weighted by molar-refractivity contribution is 6.02. The SMILES string of the molecule is COc1ccc(C(=O)C2(C#N)CCC2)cc1. The first-order valence-electron chi connectivity index (χ1n) is 5.32. The first-order valence-corrected chi connectivity index (χ1v) is 5.32. The standard InChI is InChI=1S/C13H13NO2/c1-16-11-5-3-10(4-6-11)12(15)13(9-14)7-2-8-13/h3-6H,2,7-8H2,1H3. The van der Waals surface area contributed by atoms with Crippen LogP contribution in [0.3, 0.4) is 0 Å². The molecular formula is C13H13NO2. The molecule has 0 N–H and O–H groups in total. The average molecular weight is 215 g/mol. The van der Waals surface area contributed by atoms with E-state index in [1.165, 1.54) is 0 Å². The van der Waals surface area contributed by atoms with Crippen molar-refractivity contribution >= 4 is 5.78 Å². The zero-order valence-electron chi connectivity index (χ0n) is 9.19. The van der Waals surface area contributed by atoms with E-state index in [-0.39, 0.29) is 5.78 Å². The van der Waals surface area contributed by atoms with Gasteiger partial charge in [-0.25, -0.2) is 0 Å². The van der Waals surface area contributed by atoms with Crippen LogP contribution in [0, 0.1) is 16.7 Å². The number of ether oxygens (including phenoxy) is 1. The van der Waals surface area contributed by atoms with Crippen LogP contribution in [0.1, 0.15) is 29.6 Å². The fourth-order valence-electron chi connectivity index (χ4n) is 1.94. The molecule has 1 aliphatic carbocycles. The van der Waals surface area contributed by atoms with Crippen LogP contribution in [0.4, 0.5) is 0 Å². The number of Topliss-reactive ketones (excluding diaryl/α,β-unsaturated/α-hetero) is 1. The number of ketones is 1. The molecule has 3 heteroatoms. The van der Waals surface area contributed by atoms with Gasteiger partial charge in [0.15, 0.2) is 5.78 Å². The zero-order valence-corrected chi connectivity index (χ0v) is 9.19. The molecule has 0 unspecified atom stereocenters. The molecular weight excluding hydrogens is 202 g/mol. The van der Waals surface area contributed by atoms with Crippen molar-refractivity contribution in [2.75, 3.05) is 7.11 Å². The minimum absolute atomic E-state index is 0.0519. The molecule has 0 spiro atoms. The van der Waals surface area contributed by atoms with Gasteiger partial charge in [-0.1, -0.05) is 0 Å². The Hall–Kier alpha value is -1.82. The number of methoxy groups -OCH3 is 1. The summed E-state index contributed by atoms with van der Waals surface area (Å²) in [5.74, 6) is 0.667. The van der Waals surface area contributed by atoms with Gasteiger partial charge in [0.25, 0.3) is 0 Å². The van der Waals surface area contributed by atoms with E-state index in [0.29, 0.717) is 18.4 Å². The van der Waals surface area contributed by atoms with Crippen LogP contribution in [0.25, 0.3) is 0 Å². The highest BCUT2D eigenvalue weighted by Gasteiger charge is 2.44. The molecule has 0 saturated heterocycles. The van der Waals surface area contributed by atoms with Gasteiger partial charge in [-0.2, -0.15) is 5.26 Å². The number of benzene rings is 1. The molecule has 16 heavy (non-hydrogen) atoms. The Labute approximate surface area is 94.6 Å². The van der Waals surface area contributed by atoms with Crippen molar-refractivity contribution in [3.05, 3.63) is 29.8 Å². The fraction of sp³-hybridized carbons (Fsp3) is 0.385. The van der Waals surface area contributed by atoms with Crippen LogP contribution in [0.2, 0.25) is 0 Å². The number of hydrogen-bond acceptors (Lipinski definition) is 3. The van der Waals surface area contributed by atoms with Crippen molar-refractivity contribution < 1.29 is 9.53 Å². The van der Waals surface area contributed by atoms with Crippen molar-refractivity contribution in [2.24, 2.45) is 5.41 Å². The second-order valence-electron chi connectivity index (χ2n) is 4.11. The third kappa shape index (κ3) is 1.57. The molecule has 0 radical (unpaired) electrons. The summed E-state index contributed by atoms with van der Waals surface area (Å²) >= 11 is 0. The lowest BCUT2D eigenvalue weighted by Gasteiger charge is -2.33. The van der Waals surface area contributed by atoms with E-state index in [1.54, 1.807) is 31.4 Å². The molecule has 0 aromatic heterocycles. The predicted octanol–water partition coefficient (Wildman–Crippen LogP) is 2.57. The number of carbonyl (C=O) groups excluding carboxylic acids is 1. The van der Waals surface area contributed by atoms with Crippen molar-refractivity contribution in [2.45, 2.75) is 19.3 Å². The van der Waals surface area contributed by atoms with Crippen LogP contribution in [-0.2, 0) is 0 Å². The maximum absolute atomic E-state index is 12.1. The predicted molar refractivity (Wildman–Crippen MR) is 59.2 cm³/mol. The summed E-state index contributed by atoms with van der Waals surface area (Å²) in [6, 6.07) is 9.10. The lowest BCUT2D eigenvalue weighted by atomic mass is 9.66. The van der Waals surface area contributed by atoms with Crippen LogP contribution in [-0.4, -0.2) is 12.9 Å². The average Bonchev–Trinajstić information content (AvgIpc) is 2.28. The molecule has 1 aliphatic rings. The quantitative estimate of drug-likeness (QED) is 0.728. The Kier molecular flexibility index (Phi) is 2.66. The van der Waals surface area contributed by atoms with Gasteiger partial charge in [0, 0.05) is 5.56 Å².